The predicted octanol–water partition coefficient (Wildman–Crippen LogP) is 22.3. The fraction of sp³-hybridized carbons (Fsp3) is 0.840. The third kappa shape index (κ3) is 57.1. The highest BCUT2D eigenvalue weighted by Crippen LogP contribution is 2.24. The van der Waals surface area contributed by atoms with Gasteiger partial charge in [0.25, 0.3) is 0 Å². The van der Waals surface area contributed by atoms with Gasteiger partial charge in [-0.3, -0.25) is 4.79 Å². The molecule has 0 saturated carbocycles. The van der Waals surface area contributed by atoms with Gasteiger partial charge in [-0.15, -0.1) is 0 Å². The molecule has 7 atom stereocenters. The van der Waals surface area contributed by atoms with E-state index in [0.717, 1.165) is 77.0 Å². The number of carbonyl (C=O) groups excluding carboxylic acids is 1. The summed E-state index contributed by atoms with van der Waals surface area (Å²) in [6, 6.07) is -0.722. The Bertz CT molecular complexity index is 1660. The molecule has 0 aliphatic carbocycles. The molecule has 6 N–H and O–H groups in total. The molecular formula is C81H149NO8. The lowest BCUT2D eigenvalue weighted by Gasteiger charge is -2.40. The van der Waals surface area contributed by atoms with Crippen LogP contribution in [0.25, 0.3) is 0 Å². The van der Waals surface area contributed by atoms with Crippen molar-refractivity contribution in [3.63, 3.8) is 0 Å². The minimum absolute atomic E-state index is 0.135. The maximum Gasteiger partial charge on any atom is 0.220 e. The summed E-state index contributed by atoms with van der Waals surface area (Å²) >= 11 is 0. The smallest absolute Gasteiger partial charge is 0.220 e. The summed E-state index contributed by atoms with van der Waals surface area (Å²) in [6.07, 6.45) is 91.4. The summed E-state index contributed by atoms with van der Waals surface area (Å²) in [7, 11) is 0. The zero-order chi connectivity index (χ0) is 64.9. The SMILES string of the molecule is CC/C=C\C/C=C\C/C=C\C/C=C\C/C=C\C/C=C\CCCCCCCCCCCCCCCCCCCCCCC(=O)NC(COC1OC(CO)C(O)C(O)C1O)C(O)CCCCCCCCCCCCCCCCCCCCCCCCCCCCCC. The molecule has 0 aromatic carbocycles. The van der Waals surface area contributed by atoms with Crippen LogP contribution in [0.5, 0.6) is 0 Å². The topological polar surface area (TPSA) is 149 Å². The molecule has 0 aromatic heterocycles. The molecule has 1 heterocycles. The van der Waals surface area contributed by atoms with Crippen LogP contribution in [-0.4, -0.2) is 87.5 Å². The second-order valence-corrected chi connectivity index (χ2v) is 27.1. The first kappa shape index (κ1) is 85.6. The van der Waals surface area contributed by atoms with Gasteiger partial charge in [0, 0.05) is 6.42 Å². The van der Waals surface area contributed by atoms with Gasteiger partial charge >= 0.3 is 0 Å². The molecule has 90 heavy (non-hydrogen) atoms. The monoisotopic (exact) mass is 1260 g/mol. The molecular weight excluding hydrogens is 1110 g/mol. The Hall–Kier alpha value is -2.37. The van der Waals surface area contributed by atoms with E-state index in [1.807, 2.05) is 0 Å². The number of rotatable bonds is 69. The van der Waals surface area contributed by atoms with Gasteiger partial charge in [-0.1, -0.05) is 382 Å². The van der Waals surface area contributed by atoms with Crippen LogP contribution >= 0.6 is 0 Å². The number of nitrogens with one attached hydrogen (secondary N) is 1. The highest BCUT2D eigenvalue weighted by molar-refractivity contribution is 5.76. The van der Waals surface area contributed by atoms with Crippen LogP contribution in [0.3, 0.4) is 0 Å². The van der Waals surface area contributed by atoms with E-state index in [-0.39, 0.29) is 12.5 Å². The van der Waals surface area contributed by atoms with Crippen LogP contribution in [0.2, 0.25) is 0 Å². The van der Waals surface area contributed by atoms with Crippen molar-refractivity contribution in [1.82, 2.24) is 5.32 Å². The van der Waals surface area contributed by atoms with Crippen molar-refractivity contribution in [3.05, 3.63) is 72.9 Å². The number of aliphatic hydroxyl groups is 5. The van der Waals surface area contributed by atoms with Crippen molar-refractivity contribution in [2.45, 2.75) is 423 Å². The molecule has 1 fully saturated rings. The molecule has 1 rings (SSSR count). The second-order valence-electron chi connectivity index (χ2n) is 27.1. The lowest BCUT2D eigenvalue weighted by molar-refractivity contribution is -0.302. The Kier molecular flexibility index (Phi) is 66.1. The Morgan fingerprint density at radius 3 is 1.02 bits per heavy atom. The molecule has 1 aliphatic rings. The molecule has 1 saturated heterocycles. The lowest BCUT2D eigenvalue weighted by atomic mass is 9.99. The van der Waals surface area contributed by atoms with E-state index in [1.165, 1.54) is 276 Å². The minimum Gasteiger partial charge on any atom is -0.394 e. The average molecular weight is 1270 g/mol. The quantitative estimate of drug-likeness (QED) is 0.0261. The molecule has 0 aromatic rings. The summed E-state index contributed by atoms with van der Waals surface area (Å²) in [5, 5.41) is 55.1. The van der Waals surface area contributed by atoms with Gasteiger partial charge < -0.3 is 40.3 Å². The highest BCUT2D eigenvalue weighted by Gasteiger charge is 2.44. The van der Waals surface area contributed by atoms with Gasteiger partial charge in [0.15, 0.2) is 6.29 Å². The molecule has 9 heteroatoms. The summed E-state index contributed by atoms with van der Waals surface area (Å²) < 4.78 is 11.4. The van der Waals surface area contributed by atoms with E-state index in [1.54, 1.807) is 0 Å². The largest absolute Gasteiger partial charge is 0.394 e. The summed E-state index contributed by atoms with van der Waals surface area (Å²) in [5.41, 5.74) is 0. The second kappa shape index (κ2) is 69.5. The maximum atomic E-state index is 13.2. The number of hydrogen-bond acceptors (Lipinski definition) is 8. The molecule has 7 unspecified atom stereocenters. The van der Waals surface area contributed by atoms with E-state index in [2.05, 4.69) is 92.1 Å². The first-order valence-electron chi connectivity index (χ1n) is 39.1. The van der Waals surface area contributed by atoms with Crippen LogP contribution in [0.1, 0.15) is 380 Å². The van der Waals surface area contributed by atoms with Crippen LogP contribution < -0.4 is 5.32 Å². The van der Waals surface area contributed by atoms with E-state index in [0.29, 0.717) is 12.8 Å². The van der Waals surface area contributed by atoms with Gasteiger partial charge in [-0.2, -0.15) is 0 Å². The normalized spacial score (nSPS) is 18.1. The number of allylic oxidation sites excluding steroid dienone is 12. The molecule has 0 bridgehead atoms. The number of aliphatic hydroxyl groups excluding tert-OH is 5. The number of carbonyl (C=O) groups is 1. The van der Waals surface area contributed by atoms with Crippen LogP contribution in [0.15, 0.2) is 72.9 Å². The highest BCUT2D eigenvalue weighted by atomic mass is 16.7. The Morgan fingerprint density at radius 1 is 0.389 bits per heavy atom. The first-order valence-corrected chi connectivity index (χ1v) is 39.1. The van der Waals surface area contributed by atoms with E-state index in [4.69, 9.17) is 9.47 Å². The first-order chi connectivity index (χ1) is 44.3. The number of unbranched alkanes of at least 4 members (excludes halogenated alkanes) is 47. The third-order valence-corrected chi connectivity index (χ3v) is 18.6. The van der Waals surface area contributed by atoms with Crippen molar-refractivity contribution in [2.24, 2.45) is 0 Å². The van der Waals surface area contributed by atoms with Gasteiger partial charge in [0.05, 0.1) is 25.4 Å². The van der Waals surface area contributed by atoms with Gasteiger partial charge in [-0.25, -0.2) is 0 Å². The third-order valence-electron chi connectivity index (χ3n) is 18.6. The molecule has 0 spiro atoms. The fourth-order valence-corrected chi connectivity index (χ4v) is 12.5. The average Bonchev–Trinajstić information content (AvgIpc) is 2.75. The van der Waals surface area contributed by atoms with Crippen molar-refractivity contribution in [2.75, 3.05) is 13.2 Å². The maximum absolute atomic E-state index is 13.2. The van der Waals surface area contributed by atoms with Gasteiger partial charge in [0.1, 0.15) is 24.4 Å². The van der Waals surface area contributed by atoms with Crippen molar-refractivity contribution >= 4 is 5.91 Å². The van der Waals surface area contributed by atoms with Crippen LogP contribution in [-0.2, 0) is 14.3 Å². The lowest BCUT2D eigenvalue weighted by Crippen LogP contribution is -2.60. The number of ether oxygens (including phenoxy) is 2. The zero-order valence-electron chi connectivity index (χ0n) is 59.1. The van der Waals surface area contributed by atoms with Gasteiger partial charge in [-0.05, 0) is 64.2 Å². The van der Waals surface area contributed by atoms with Crippen LogP contribution in [0, 0.1) is 0 Å². The zero-order valence-corrected chi connectivity index (χ0v) is 59.1. The summed E-state index contributed by atoms with van der Waals surface area (Å²) in [6.45, 7) is 3.78. The van der Waals surface area contributed by atoms with E-state index in [9.17, 15) is 30.3 Å². The van der Waals surface area contributed by atoms with Crippen molar-refractivity contribution in [3.8, 4) is 0 Å². The molecule has 1 aliphatic heterocycles. The molecule has 526 valence electrons. The molecule has 1 amide bonds. The van der Waals surface area contributed by atoms with Crippen LogP contribution in [0.4, 0.5) is 0 Å². The number of hydrogen-bond donors (Lipinski definition) is 6. The van der Waals surface area contributed by atoms with Crippen molar-refractivity contribution in [1.29, 1.82) is 0 Å². The van der Waals surface area contributed by atoms with E-state index >= 15 is 0 Å². The minimum atomic E-state index is -1.56. The Balaban J connectivity index is 2.05. The summed E-state index contributed by atoms with van der Waals surface area (Å²) in [5.74, 6) is -0.137. The van der Waals surface area contributed by atoms with Gasteiger partial charge in [0.2, 0.25) is 5.91 Å². The summed E-state index contributed by atoms with van der Waals surface area (Å²) in [4.78, 5) is 13.2. The van der Waals surface area contributed by atoms with E-state index < -0.39 is 49.5 Å². The predicted molar refractivity (Wildman–Crippen MR) is 387 cm³/mol. The molecule has 0 radical (unpaired) electrons. The fourth-order valence-electron chi connectivity index (χ4n) is 12.5. The molecule has 9 nitrogen and oxygen atoms in total. The van der Waals surface area contributed by atoms with Crippen molar-refractivity contribution < 1.29 is 39.8 Å². The standard InChI is InChI=1S/C81H149NO8/c1-3-5-7-9-11-13-15-17-19-21-23-25-27-29-31-33-34-35-36-37-38-39-40-41-42-43-45-47-49-51-53-55-57-59-61-63-65-67-69-71-77(85)82-74(73-89-81-80(88)79(87)78(86)76(72-83)90-81)75(84)70-68-66-64-62-60-58-56-54-52-50-48-46-44-32-30-28-26-24-22-20-18-16-14-12-10-8-6-4-2/h5,7,11,13,17,19,23,25,29,31,34-35,74-76,78-81,83-84,86-88H,3-4,6,8-10,12,14-16,18,20-22,24,26-28,30,32-33,36-73H2,1-2H3,(H,82,85)/b7-5-,13-11-,19-17-,25-23-,31-29-,35-34-. The Labute approximate surface area is 557 Å². The Morgan fingerprint density at radius 2 is 0.689 bits per heavy atom. The number of amides is 1.